The van der Waals surface area contributed by atoms with E-state index in [0.717, 1.165) is 17.0 Å². The van der Waals surface area contributed by atoms with Gasteiger partial charge in [-0.2, -0.15) is 13.2 Å². The predicted octanol–water partition coefficient (Wildman–Crippen LogP) is 6.20. The largest absolute Gasteiger partial charge is 0.497 e. The number of carbonyl (C=O) groups excluding carboxylic acids is 1. The van der Waals surface area contributed by atoms with E-state index in [4.69, 9.17) is 21.1 Å². The number of aliphatic hydroxyl groups is 1. The van der Waals surface area contributed by atoms with Gasteiger partial charge >= 0.3 is 6.18 Å². The fourth-order valence-corrected chi connectivity index (χ4v) is 4.94. The van der Waals surface area contributed by atoms with Crippen molar-refractivity contribution < 1.29 is 32.5 Å². The lowest BCUT2D eigenvalue weighted by Crippen LogP contribution is -2.37. The van der Waals surface area contributed by atoms with Crippen LogP contribution in [0.5, 0.6) is 11.5 Å². The first-order valence-corrected chi connectivity index (χ1v) is 13.3. The highest BCUT2D eigenvalue weighted by atomic mass is 35.5. The van der Waals surface area contributed by atoms with Crippen LogP contribution in [0.25, 0.3) is 0 Å². The minimum absolute atomic E-state index is 0.0362. The van der Waals surface area contributed by atoms with E-state index < -0.39 is 23.7 Å². The third-order valence-corrected chi connectivity index (χ3v) is 7.06. The number of anilines is 2. The van der Waals surface area contributed by atoms with Crippen molar-refractivity contribution in [1.82, 2.24) is 0 Å². The van der Waals surface area contributed by atoms with Crippen LogP contribution in [0.4, 0.5) is 24.5 Å². The van der Waals surface area contributed by atoms with E-state index in [1.807, 2.05) is 18.4 Å². The van der Waals surface area contributed by atoms with Gasteiger partial charge in [0, 0.05) is 39.5 Å². The summed E-state index contributed by atoms with van der Waals surface area (Å²) in [7, 11) is 1.53. The Morgan fingerprint density at radius 3 is 2.66 bits per heavy atom. The van der Waals surface area contributed by atoms with Gasteiger partial charge in [0.2, 0.25) is 0 Å². The number of hydrogen-bond acceptors (Lipinski definition) is 6. The molecule has 1 aliphatic heterocycles. The zero-order chi connectivity index (χ0) is 27.4. The van der Waals surface area contributed by atoms with Crippen LogP contribution in [0.2, 0.25) is 5.02 Å². The molecular weight excluding hydrogens is 541 g/mol. The number of benzene rings is 3. The molecule has 0 radical (unpaired) electrons. The van der Waals surface area contributed by atoms with Crippen molar-refractivity contribution in [3.8, 4) is 11.5 Å². The molecule has 2 N–H and O–H groups in total. The van der Waals surface area contributed by atoms with E-state index in [1.54, 1.807) is 18.2 Å². The molecule has 0 spiro atoms. The molecule has 202 valence electrons. The Morgan fingerprint density at radius 1 is 1.18 bits per heavy atom. The second-order valence-corrected chi connectivity index (χ2v) is 9.83. The van der Waals surface area contributed by atoms with Crippen LogP contribution in [0.3, 0.4) is 0 Å². The van der Waals surface area contributed by atoms with Gasteiger partial charge in [0.1, 0.15) is 24.1 Å². The van der Waals surface area contributed by atoms with Gasteiger partial charge in [-0.3, -0.25) is 4.79 Å². The summed E-state index contributed by atoms with van der Waals surface area (Å²) in [5.41, 5.74) is 1.04. The summed E-state index contributed by atoms with van der Waals surface area (Å²) in [5.74, 6) is 0.376. The number of methoxy groups -OCH3 is 1. The average molecular weight is 567 g/mol. The van der Waals surface area contributed by atoms with Gasteiger partial charge in [-0.15, -0.1) is 11.8 Å². The lowest BCUT2D eigenvalue weighted by molar-refractivity contribution is -0.137. The van der Waals surface area contributed by atoms with Gasteiger partial charge in [0.05, 0.1) is 19.3 Å². The Labute approximate surface area is 227 Å². The number of halogens is 4. The summed E-state index contributed by atoms with van der Waals surface area (Å²) < 4.78 is 51.5. The first kappa shape index (κ1) is 27.9. The molecule has 0 aromatic heterocycles. The maximum atomic E-state index is 14.1. The first-order chi connectivity index (χ1) is 18.1. The highest BCUT2D eigenvalue weighted by Crippen LogP contribution is 2.39. The summed E-state index contributed by atoms with van der Waals surface area (Å²) in [6.07, 6.45) is -2.21. The van der Waals surface area contributed by atoms with Crippen LogP contribution in [0.1, 0.15) is 22.7 Å². The molecule has 0 bridgehead atoms. The summed E-state index contributed by atoms with van der Waals surface area (Å²) in [4.78, 5) is 16.3. The Kier molecular flexibility index (Phi) is 8.64. The van der Waals surface area contributed by atoms with E-state index in [9.17, 15) is 23.1 Å². The number of ether oxygens (including phenoxy) is 2. The maximum Gasteiger partial charge on any atom is 0.416 e. The Morgan fingerprint density at radius 2 is 1.97 bits per heavy atom. The second-order valence-electron chi connectivity index (χ2n) is 8.51. The fourth-order valence-electron chi connectivity index (χ4n) is 4.30. The number of aliphatic hydroxyl groups excluding tert-OH is 1. The van der Waals surface area contributed by atoms with E-state index >= 15 is 0 Å². The number of rotatable bonds is 9. The molecule has 6 nitrogen and oxygen atoms in total. The quantitative estimate of drug-likeness (QED) is 0.300. The number of nitrogens with zero attached hydrogens (tertiary/aromatic N) is 1. The number of alkyl halides is 3. The van der Waals surface area contributed by atoms with E-state index in [2.05, 4.69) is 5.32 Å². The molecule has 1 amide bonds. The van der Waals surface area contributed by atoms with Crippen LogP contribution in [0.15, 0.2) is 59.5 Å². The molecule has 3 aromatic rings. The number of thioether (sulfide) groups is 1. The van der Waals surface area contributed by atoms with E-state index in [0.29, 0.717) is 34.0 Å². The van der Waals surface area contributed by atoms with Crippen molar-refractivity contribution in [2.24, 2.45) is 0 Å². The smallest absolute Gasteiger partial charge is 0.416 e. The maximum absolute atomic E-state index is 14.1. The Bertz CT molecular complexity index is 1300. The minimum atomic E-state index is -4.54. The average Bonchev–Trinajstić information content (AvgIpc) is 3.33. The molecular formula is C27H26ClF3N2O4S. The van der Waals surface area contributed by atoms with Gasteiger partial charge in [0.25, 0.3) is 5.91 Å². The molecule has 0 saturated carbocycles. The lowest BCUT2D eigenvalue weighted by Gasteiger charge is -2.28. The van der Waals surface area contributed by atoms with Crippen molar-refractivity contribution in [3.05, 3.63) is 76.3 Å². The van der Waals surface area contributed by atoms with Gasteiger partial charge in [-0.25, -0.2) is 0 Å². The topological polar surface area (TPSA) is 71.0 Å². The molecule has 0 fully saturated rings. The summed E-state index contributed by atoms with van der Waals surface area (Å²) in [6.45, 7) is -0.0710. The molecule has 11 heteroatoms. The fraction of sp³-hybridized carbons (Fsp3) is 0.296. The Balaban J connectivity index is 1.80. The summed E-state index contributed by atoms with van der Waals surface area (Å²) in [5, 5.41) is 12.9. The third-order valence-electron chi connectivity index (χ3n) is 6.12. The molecule has 1 atom stereocenters. The van der Waals surface area contributed by atoms with Crippen LogP contribution < -0.4 is 19.7 Å². The minimum Gasteiger partial charge on any atom is -0.497 e. The lowest BCUT2D eigenvalue weighted by atomic mass is 10.0. The number of carbonyl (C=O) groups is 1. The standard InChI is InChI=1S/C27H26ClF3N2O4S/c1-36-20-13-19(14-21(15-20)38-2)32-25(22-6-5-18(28)12-24(22)37-10-9-34)26(35)33-8-7-16-3-4-17(11-23(16)33)27(29,30)31/h3-6,11-15,25,32,34H,7-10H2,1-2H3. The molecule has 38 heavy (non-hydrogen) atoms. The van der Waals surface area contributed by atoms with Crippen molar-refractivity contribution >= 4 is 40.6 Å². The van der Waals surface area contributed by atoms with Gasteiger partial charge in [0.15, 0.2) is 0 Å². The van der Waals surface area contributed by atoms with Gasteiger partial charge in [-0.05, 0) is 54.6 Å². The third kappa shape index (κ3) is 6.14. The number of hydrogen-bond donors (Lipinski definition) is 2. The molecule has 4 rings (SSSR count). The number of amides is 1. The molecule has 0 aliphatic carbocycles. The van der Waals surface area contributed by atoms with Crippen molar-refractivity contribution in [2.45, 2.75) is 23.5 Å². The van der Waals surface area contributed by atoms with Crippen LogP contribution in [-0.2, 0) is 17.4 Å². The number of fused-ring (bicyclic) bond motifs is 1. The highest BCUT2D eigenvalue weighted by Gasteiger charge is 2.36. The van der Waals surface area contributed by atoms with E-state index in [1.165, 1.54) is 35.9 Å². The monoisotopic (exact) mass is 566 g/mol. The molecule has 0 saturated heterocycles. The van der Waals surface area contributed by atoms with Gasteiger partial charge in [-0.1, -0.05) is 23.7 Å². The SMILES string of the molecule is COc1cc(NC(C(=O)N2CCc3ccc(C(F)(F)F)cc32)c2ccc(Cl)cc2OCCO)cc(SC)c1. The summed E-state index contributed by atoms with van der Waals surface area (Å²) in [6, 6.07) is 12.6. The zero-order valence-corrected chi connectivity index (χ0v) is 22.2. The van der Waals surface area contributed by atoms with E-state index in [-0.39, 0.29) is 31.2 Å². The predicted molar refractivity (Wildman–Crippen MR) is 143 cm³/mol. The van der Waals surface area contributed by atoms with Crippen LogP contribution in [-0.4, -0.2) is 44.1 Å². The Hall–Kier alpha value is -3.08. The molecule has 3 aromatic carbocycles. The van der Waals surface area contributed by atoms with Gasteiger partial charge < -0.3 is 24.8 Å². The molecule has 1 unspecified atom stereocenters. The highest BCUT2D eigenvalue weighted by molar-refractivity contribution is 7.98. The van der Waals surface area contributed by atoms with Crippen molar-refractivity contribution in [1.29, 1.82) is 0 Å². The molecule has 1 heterocycles. The van der Waals surface area contributed by atoms with Crippen LogP contribution >= 0.6 is 23.4 Å². The van der Waals surface area contributed by atoms with Crippen molar-refractivity contribution in [2.75, 3.05) is 43.3 Å². The first-order valence-electron chi connectivity index (χ1n) is 11.7. The summed E-state index contributed by atoms with van der Waals surface area (Å²) >= 11 is 7.68. The number of nitrogens with one attached hydrogen (secondary N) is 1. The molecule has 1 aliphatic rings. The van der Waals surface area contributed by atoms with Crippen LogP contribution in [0, 0.1) is 0 Å². The zero-order valence-electron chi connectivity index (χ0n) is 20.6. The second kappa shape index (κ2) is 11.8. The van der Waals surface area contributed by atoms with Crippen molar-refractivity contribution in [3.63, 3.8) is 0 Å². The normalized spacial score (nSPS) is 13.7.